The number of epoxide rings is 2. The van der Waals surface area contributed by atoms with Crippen LogP contribution in [0.25, 0.3) is 0 Å². The first kappa shape index (κ1) is 47.6. The summed E-state index contributed by atoms with van der Waals surface area (Å²) in [4.78, 5) is 0. The summed E-state index contributed by atoms with van der Waals surface area (Å²) in [5, 5.41) is 0. The van der Waals surface area contributed by atoms with Crippen molar-refractivity contribution in [1.82, 2.24) is 0 Å². The van der Waals surface area contributed by atoms with Gasteiger partial charge in [-0.3, -0.25) is 0 Å². The lowest BCUT2D eigenvalue weighted by Crippen LogP contribution is -2.21. The van der Waals surface area contributed by atoms with Gasteiger partial charge in [0.15, 0.2) is 0 Å². The number of ether oxygens (including phenoxy) is 6. The Labute approximate surface area is 349 Å². The van der Waals surface area contributed by atoms with Crippen molar-refractivity contribution >= 4 is 0 Å². The smallest absolute Gasteiger partial charge is 0.119 e. The van der Waals surface area contributed by atoms with Gasteiger partial charge in [0.25, 0.3) is 0 Å². The zero-order valence-corrected chi connectivity index (χ0v) is 37.5. The molecule has 324 valence electrons. The van der Waals surface area contributed by atoms with Crippen LogP contribution in [-0.4, -0.2) is 63.1 Å². The monoisotopic (exact) mass is 793 g/mol. The zero-order valence-electron chi connectivity index (χ0n) is 37.5. The Morgan fingerprint density at radius 3 is 0.965 bits per heavy atom. The summed E-state index contributed by atoms with van der Waals surface area (Å²) in [5.74, 6) is 1.94. The molecule has 2 aliphatic rings. The Morgan fingerprint density at radius 2 is 0.702 bits per heavy atom. The SMILES string of the molecule is CCC1(COCCCCCCCCCCCCOc2ccc(C(C)(C)c3ccc(OCCCCCCCCCCCCOCC4(CC)OC4C)cc3)cc2)OC1C. The first-order valence-corrected chi connectivity index (χ1v) is 23.7. The average Bonchev–Trinajstić information content (AvgIpc) is 4.10. The van der Waals surface area contributed by atoms with Crippen molar-refractivity contribution < 1.29 is 28.4 Å². The maximum Gasteiger partial charge on any atom is 0.119 e. The first-order valence-electron chi connectivity index (χ1n) is 23.7. The highest BCUT2D eigenvalue weighted by atomic mass is 16.6. The predicted octanol–water partition coefficient (Wildman–Crippen LogP) is 13.7. The minimum Gasteiger partial charge on any atom is -0.494 e. The Bertz CT molecular complexity index is 1200. The third kappa shape index (κ3) is 17.2. The quantitative estimate of drug-likeness (QED) is 0.0506. The third-order valence-corrected chi connectivity index (χ3v) is 13.1. The molecule has 4 unspecified atom stereocenters. The van der Waals surface area contributed by atoms with E-state index in [1.165, 1.54) is 127 Å². The molecular weight excluding hydrogens is 709 g/mol. The van der Waals surface area contributed by atoms with Crippen molar-refractivity contribution in [3.05, 3.63) is 59.7 Å². The van der Waals surface area contributed by atoms with E-state index >= 15 is 0 Å². The van der Waals surface area contributed by atoms with Crippen LogP contribution in [0.5, 0.6) is 11.5 Å². The van der Waals surface area contributed by atoms with E-state index in [-0.39, 0.29) is 16.6 Å². The molecule has 0 saturated carbocycles. The summed E-state index contributed by atoms with van der Waals surface area (Å²) in [5.41, 5.74) is 2.56. The molecule has 2 heterocycles. The van der Waals surface area contributed by atoms with Crippen LogP contribution in [-0.2, 0) is 24.4 Å². The molecule has 0 bridgehead atoms. The lowest BCUT2D eigenvalue weighted by Gasteiger charge is -2.26. The fourth-order valence-electron chi connectivity index (χ4n) is 8.30. The van der Waals surface area contributed by atoms with Gasteiger partial charge in [0.1, 0.15) is 22.7 Å². The van der Waals surface area contributed by atoms with E-state index in [1.54, 1.807) is 0 Å². The summed E-state index contributed by atoms with van der Waals surface area (Å²) in [6.07, 6.45) is 28.6. The lowest BCUT2D eigenvalue weighted by atomic mass is 9.78. The van der Waals surface area contributed by atoms with Gasteiger partial charge < -0.3 is 28.4 Å². The normalized spacial score (nSPS) is 21.5. The second kappa shape index (κ2) is 26.2. The van der Waals surface area contributed by atoms with Crippen LogP contribution < -0.4 is 9.47 Å². The topological polar surface area (TPSA) is 62.0 Å². The Morgan fingerprint density at radius 1 is 0.439 bits per heavy atom. The molecule has 2 aromatic carbocycles. The van der Waals surface area contributed by atoms with Crippen molar-refractivity contribution in [3.8, 4) is 11.5 Å². The van der Waals surface area contributed by atoms with E-state index in [0.717, 1.165) is 76.8 Å². The van der Waals surface area contributed by atoms with Crippen LogP contribution in [0.1, 0.15) is 194 Å². The molecular formula is C51H84O6. The minimum absolute atomic E-state index is 0.0299. The number of rotatable bonds is 36. The summed E-state index contributed by atoms with van der Waals surface area (Å²) in [6.45, 7) is 18.2. The summed E-state index contributed by atoms with van der Waals surface area (Å²) < 4.78 is 35.4. The van der Waals surface area contributed by atoms with Crippen LogP contribution in [0.2, 0.25) is 0 Å². The van der Waals surface area contributed by atoms with Gasteiger partial charge in [0.2, 0.25) is 0 Å². The zero-order chi connectivity index (χ0) is 40.7. The molecule has 2 aliphatic heterocycles. The van der Waals surface area contributed by atoms with Crippen molar-refractivity contribution in [2.45, 2.75) is 212 Å². The largest absolute Gasteiger partial charge is 0.494 e. The van der Waals surface area contributed by atoms with Crippen LogP contribution in [0.15, 0.2) is 48.5 Å². The lowest BCUT2D eigenvalue weighted by molar-refractivity contribution is 0.0742. The van der Waals surface area contributed by atoms with Crippen molar-refractivity contribution in [3.63, 3.8) is 0 Å². The average molecular weight is 793 g/mol. The van der Waals surface area contributed by atoms with Gasteiger partial charge in [-0.2, -0.15) is 0 Å². The summed E-state index contributed by atoms with van der Waals surface area (Å²) in [7, 11) is 0. The van der Waals surface area contributed by atoms with Gasteiger partial charge in [-0.1, -0.05) is 155 Å². The predicted molar refractivity (Wildman–Crippen MR) is 237 cm³/mol. The van der Waals surface area contributed by atoms with Crippen molar-refractivity contribution in [2.75, 3.05) is 39.6 Å². The number of benzene rings is 2. The molecule has 2 aromatic rings. The van der Waals surface area contributed by atoms with Gasteiger partial charge in [-0.05, 0) is 87.8 Å². The van der Waals surface area contributed by atoms with Crippen molar-refractivity contribution in [1.29, 1.82) is 0 Å². The molecule has 0 amide bonds. The number of hydrogen-bond donors (Lipinski definition) is 0. The first-order chi connectivity index (χ1) is 27.7. The highest BCUT2D eigenvalue weighted by molar-refractivity contribution is 5.41. The van der Waals surface area contributed by atoms with Gasteiger partial charge in [0, 0.05) is 18.6 Å². The molecule has 6 heteroatoms. The highest BCUT2D eigenvalue weighted by Gasteiger charge is 2.52. The van der Waals surface area contributed by atoms with Gasteiger partial charge in [-0.25, -0.2) is 0 Å². The van der Waals surface area contributed by atoms with E-state index in [1.807, 2.05) is 0 Å². The minimum atomic E-state index is -0.0923. The van der Waals surface area contributed by atoms with E-state index in [4.69, 9.17) is 28.4 Å². The molecule has 2 saturated heterocycles. The van der Waals surface area contributed by atoms with E-state index in [9.17, 15) is 0 Å². The second-order valence-electron chi connectivity index (χ2n) is 17.9. The molecule has 0 spiro atoms. The Hall–Kier alpha value is -2.12. The number of unbranched alkanes of at least 4 members (excludes halogenated alkanes) is 18. The van der Waals surface area contributed by atoms with Crippen LogP contribution in [0, 0.1) is 0 Å². The fourth-order valence-corrected chi connectivity index (χ4v) is 8.30. The van der Waals surface area contributed by atoms with Gasteiger partial charge in [-0.15, -0.1) is 0 Å². The molecule has 6 nitrogen and oxygen atoms in total. The van der Waals surface area contributed by atoms with Crippen LogP contribution >= 0.6 is 0 Å². The highest BCUT2D eigenvalue weighted by Crippen LogP contribution is 2.40. The second-order valence-corrected chi connectivity index (χ2v) is 17.9. The van der Waals surface area contributed by atoms with Gasteiger partial charge in [0.05, 0.1) is 38.6 Å². The molecule has 4 atom stereocenters. The summed E-state index contributed by atoms with van der Waals surface area (Å²) >= 11 is 0. The number of hydrogen-bond acceptors (Lipinski definition) is 6. The molecule has 0 aliphatic carbocycles. The van der Waals surface area contributed by atoms with E-state index in [2.05, 4.69) is 90.1 Å². The molecule has 2 fully saturated rings. The van der Waals surface area contributed by atoms with E-state index in [0.29, 0.717) is 12.2 Å². The molecule has 4 rings (SSSR count). The molecule has 0 N–H and O–H groups in total. The van der Waals surface area contributed by atoms with Crippen LogP contribution in [0.4, 0.5) is 0 Å². The standard InChI is InChI=1S/C51H84O6/c1-7-50(43(3)56-50)41-52-37-25-21-17-13-9-11-15-19-23-27-39-54-47-33-29-45(30-34-47)49(5,6)46-31-35-48(36-32-46)55-40-28-24-20-16-12-10-14-18-22-26-38-53-42-51(8-2)44(4)57-51/h29-36,43-44H,7-28,37-42H2,1-6H3. The Balaban J connectivity index is 0.924. The van der Waals surface area contributed by atoms with Crippen molar-refractivity contribution in [2.24, 2.45) is 0 Å². The Kier molecular flexibility index (Phi) is 21.8. The van der Waals surface area contributed by atoms with Gasteiger partial charge >= 0.3 is 0 Å². The maximum atomic E-state index is 6.10. The fraction of sp³-hybridized carbons (Fsp3) is 0.765. The van der Waals surface area contributed by atoms with Crippen LogP contribution in [0.3, 0.4) is 0 Å². The third-order valence-electron chi connectivity index (χ3n) is 13.1. The summed E-state index contributed by atoms with van der Waals surface area (Å²) in [6, 6.07) is 17.4. The molecule has 0 aromatic heterocycles. The molecule has 57 heavy (non-hydrogen) atoms. The van der Waals surface area contributed by atoms with E-state index < -0.39 is 0 Å². The maximum absolute atomic E-state index is 6.10. The molecule has 0 radical (unpaired) electrons.